The first-order chi connectivity index (χ1) is 7.94. The molecule has 0 aromatic carbocycles. The van der Waals surface area contributed by atoms with Crippen LogP contribution in [0.25, 0.3) is 0 Å². The average Bonchev–Trinajstić information content (AvgIpc) is 2.29. The lowest BCUT2D eigenvalue weighted by Gasteiger charge is -1.95. The van der Waals surface area contributed by atoms with Gasteiger partial charge in [0.15, 0.2) is 0 Å². The second kappa shape index (κ2) is 10.7. The number of nitrogens with zero attached hydrogens (tertiary/aromatic N) is 1. The number of hydrogen-bond acceptors (Lipinski definition) is 3. The zero-order valence-electron chi connectivity index (χ0n) is 9.86. The van der Waals surface area contributed by atoms with E-state index in [1.165, 1.54) is 18.2 Å². The van der Waals surface area contributed by atoms with Gasteiger partial charge in [-0.25, -0.2) is 0 Å². The van der Waals surface area contributed by atoms with Crippen molar-refractivity contribution in [1.29, 1.82) is 0 Å². The van der Waals surface area contributed by atoms with Crippen molar-refractivity contribution in [2.24, 2.45) is 5.73 Å². The van der Waals surface area contributed by atoms with E-state index in [4.69, 9.17) is 17.3 Å². The molecule has 0 aliphatic heterocycles. The van der Waals surface area contributed by atoms with Crippen molar-refractivity contribution in [1.82, 2.24) is 0 Å². The van der Waals surface area contributed by atoms with Gasteiger partial charge >= 0.3 is 0 Å². The first-order valence-electron chi connectivity index (χ1n) is 4.70. The van der Waals surface area contributed by atoms with Crippen LogP contribution in [0.2, 0.25) is 0 Å². The standard InChI is InChI=1S/C9H11ClN2O2.C3H6/c1-3-8(11)9(12(13)14)5-4-7(2)6-10;1-3-2/h3-5H,1-2,6,11H2;3H,1H2,2H3/b5-4+,9-8-;. The summed E-state index contributed by atoms with van der Waals surface area (Å²) >= 11 is 5.44. The van der Waals surface area contributed by atoms with E-state index in [0.29, 0.717) is 5.57 Å². The average molecular weight is 257 g/mol. The number of nitrogens with two attached hydrogens (primary N) is 1. The lowest BCUT2D eigenvalue weighted by molar-refractivity contribution is -0.420. The predicted molar refractivity (Wildman–Crippen MR) is 73.3 cm³/mol. The van der Waals surface area contributed by atoms with Gasteiger partial charge in [-0.05, 0) is 18.6 Å². The maximum absolute atomic E-state index is 10.5. The Morgan fingerprint density at radius 2 is 1.94 bits per heavy atom. The van der Waals surface area contributed by atoms with Crippen molar-refractivity contribution in [3.05, 3.63) is 71.1 Å². The lowest BCUT2D eigenvalue weighted by Crippen LogP contribution is -2.05. The smallest absolute Gasteiger partial charge is 0.292 e. The molecule has 0 aliphatic carbocycles. The fourth-order valence-corrected chi connectivity index (χ4v) is 0.697. The summed E-state index contributed by atoms with van der Waals surface area (Å²) < 4.78 is 0. The minimum Gasteiger partial charge on any atom is -0.393 e. The van der Waals surface area contributed by atoms with E-state index in [2.05, 4.69) is 19.7 Å². The molecule has 2 N–H and O–H groups in total. The molecule has 0 unspecified atom stereocenters. The maximum Gasteiger partial charge on any atom is 0.292 e. The summed E-state index contributed by atoms with van der Waals surface area (Å²) in [4.78, 5) is 9.92. The first kappa shape index (κ1) is 17.6. The van der Waals surface area contributed by atoms with Crippen LogP contribution in [0.15, 0.2) is 61.0 Å². The summed E-state index contributed by atoms with van der Waals surface area (Å²) in [7, 11) is 0. The van der Waals surface area contributed by atoms with Gasteiger partial charge < -0.3 is 5.73 Å². The van der Waals surface area contributed by atoms with E-state index in [1.807, 2.05) is 6.92 Å². The second-order valence-corrected chi connectivity index (χ2v) is 3.10. The van der Waals surface area contributed by atoms with Crippen LogP contribution in [0.1, 0.15) is 6.92 Å². The van der Waals surface area contributed by atoms with Crippen LogP contribution in [-0.2, 0) is 0 Å². The Labute approximate surface area is 107 Å². The maximum atomic E-state index is 10.5. The summed E-state index contributed by atoms with van der Waals surface area (Å²) in [5.41, 5.74) is 5.72. The van der Waals surface area contributed by atoms with E-state index < -0.39 is 4.92 Å². The molecule has 0 aliphatic rings. The third-order valence-corrected chi connectivity index (χ3v) is 1.70. The third kappa shape index (κ3) is 9.14. The highest BCUT2D eigenvalue weighted by Crippen LogP contribution is 2.06. The molecule has 0 amide bonds. The summed E-state index contributed by atoms with van der Waals surface area (Å²) in [5.74, 6) is 0.218. The molecule has 0 saturated carbocycles. The molecule has 5 heteroatoms. The van der Waals surface area contributed by atoms with Gasteiger partial charge in [-0.2, -0.15) is 0 Å². The van der Waals surface area contributed by atoms with Crippen LogP contribution in [0.3, 0.4) is 0 Å². The Morgan fingerprint density at radius 3 is 2.24 bits per heavy atom. The quantitative estimate of drug-likeness (QED) is 0.270. The van der Waals surface area contributed by atoms with Crippen molar-refractivity contribution < 1.29 is 4.92 Å². The third-order valence-electron chi connectivity index (χ3n) is 1.36. The van der Waals surface area contributed by atoms with Crippen LogP contribution in [0.5, 0.6) is 0 Å². The molecule has 0 radical (unpaired) electrons. The summed E-state index contributed by atoms with van der Waals surface area (Å²) in [6.07, 6.45) is 5.66. The Hall–Kier alpha value is -1.81. The lowest BCUT2D eigenvalue weighted by atomic mass is 10.2. The zero-order chi connectivity index (χ0) is 13.8. The van der Waals surface area contributed by atoms with Gasteiger partial charge in [0.1, 0.15) is 5.70 Å². The van der Waals surface area contributed by atoms with Crippen molar-refractivity contribution in [2.75, 3.05) is 5.88 Å². The summed E-state index contributed by atoms with van der Waals surface area (Å²) in [6, 6.07) is 0. The van der Waals surface area contributed by atoms with Gasteiger partial charge in [-0.1, -0.05) is 25.3 Å². The fraction of sp³-hybridized carbons (Fsp3) is 0.167. The molecule has 0 rings (SSSR count). The molecule has 94 valence electrons. The number of halogens is 1. The SMILES string of the molecule is C=C/C(N)=C(\C=C\C(=C)CCl)[N+](=O)[O-].C=CC. The van der Waals surface area contributed by atoms with Crippen LogP contribution < -0.4 is 5.73 Å². The Bertz CT molecular complexity index is 358. The largest absolute Gasteiger partial charge is 0.393 e. The van der Waals surface area contributed by atoms with Gasteiger partial charge in [-0.15, -0.1) is 18.2 Å². The van der Waals surface area contributed by atoms with Crippen LogP contribution in [0, 0.1) is 10.1 Å². The first-order valence-corrected chi connectivity index (χ1v) is 5.23. The Kier molecular flexibility index (Phi) is 11.1. The molecule has 0 fully saturated rings. The van der Waals surface area contributed by atoms with Crippen molar-refractivity contribution >= 4 is 11.6 Å². The highest BCUT2D eigenvalue weighted by Gasteiger charge is 2.09. The Morgan fingerprint density at radius 1 is 1.47 bits per heavy atom. The molecular formula is C12H17ClN2O2. The van der Waals surface area contributed by atoms with E-state index in [1.54, 1.807) is 6.08 Å². The predicted octanol–water partition coefficient (Wildman–Crippen LogP) is 3.16. The second-order valence-electron chi connectivity index (χ2n) is 2.84. The van der Waals surface area contributed by atoms with E-state index in [9.17, 15) is 10.1 Å². The minimum atomic E-state index is -0.588. The molecule has 0 bridgehead atoms. The highest BCUT2D eigenvalue weighted by atomic mass is 35.5. The zero-order valence-corrected chi connectivity index (χ0v) is 10.6. The van der Waals surface area contributed by atoms with Gasteiger partial charge in [0, 0.05) is 12.0 Å². The van der Waals surface area contributed by atoms with Gasteiger partial charge in [0.05, 0.1) is 4.92 Å². The highest BCUT2D eigenvalue weighted by molar-refractivity contribution is 6.19. The van der Waals surface area contributed by atoms with Crippen LogP contribution >= 0.6 is 11.6 Å². The van der Waals surface area contributed by atoms with E-state index in [-0.39, 0.29) is 17.3 Å². The molecule has 0 atom stereocenters. The molecule has 0 heterocycles. The van der Waals surface area contributed by atoms with Crippen LogP contribution in [-0.4, -0.2) is 10.8 Å². The molecule has 0 aromatic heterocycles. The van der Waals surface area contributed by atoms with E-state index in [0.717, 1.165) is 0 Å². The number of hydrogen-bond donors (Lipinski definition) is 1. The van der Waals surface area contributed by atoms with Gasteiger partial charge in [-0.3, -0.25) is 10.1 Å². The number of rotatable bonds is 5. The number of allylic oxidation sites excluding steroid dienone is 5. The number of alkyl halides is 1. The number of nitro groups is 1. The van der Waals surface area contributed by atoms with Crippen molar-refractivity contribution in [3.63, 3.8) is 0 Å². The van der Waals surface area contributed by atoms with Gasteiger partial charge in [0.25, 0.3) is 5.70 Å². The van der Waals surface area contributed by atoms with Crippen molar-refractivity contribution in [3.8, 4) is 0 Å². The molecule has 17 heavy (non-hydrogen) atoms. The van der Waals surface area contributed by atoms with Gasteiger partial charge in [0.2, 0.25) is 0 Å². The Balaban J connectivity index is 0. The van der Waals surface area contributed by atoms with Crippen molar-refractivity contribution in [2.45, 2.75) is 6.92 Å². The fourth-order valence-electron chi connectivity index (χ4n) is 0.608. The molecule has 0 saturated heterocycles. The molecule has 0 spiro atoms. The minimum absolute atomic E-state index is 0.00798. The van der Waals surface area contributed by atoms with Crippen LogP contribution in [0.4, 0.5) is 0 Å². The topological polar surface area (TPSA) is 69.2 Å². The molecule has 4 nitrogen and oxygen atoms in total. The molecule has 0 aromatic rings. The normalized spacial score (nSPS) is 10.9. The monoisotopic (exact) mass is 256 g/mol. The summed E-state index contributed by atoms with van der Waals surface area (Å²) in [5, 5.41) is 10.5. The molecular weight excluding hydrogens is 240 g/mol. The summed E-state index contributed by atoms with van der Waals surface area (Å²) in [6.45, 7) is 12.2. The van der Waals surface area contributed by atoms with E-state index >= 15 is 0 Å².